The topological polar surface area (TPSA) is 53.4 Å². The number of carbonyl (C=O) groups is 1. The van der Waals surface area contributed by atoms with Crippen molar-refractivity contribution >= 4 is 32.7 Å². The van der Waals surface area contributed by atoms with Gasteiger partial charge >= 0.3 is 5.97 Å². The zero-order chi connectivity index (χ0) is 13.4. The van der Waals surface area contributed by atoms with Crippen LogP contribution in [0.2, 0.25) is 0 Å². The lowest BCUT2D eigenvalue weighted by Crippen LogP contribution is -2.44. The van der Waals surface area contributed by atoms with Gasteiger partial charge in [-0.3, -0.25) is 0 Å². The molecule has 1 N–H and O–H groups in total. The van der Waals surface area contributed by atoms with E-state index >= 15 is 0 Å². The van der Waals surface area contributed by atoms with Gasteiger partial charge in [-0.25, -0.2) is 14.2 Å². The van der Waals surface area contributed by atoms with Crippen molar-refractivity contribution < 1.29 is 14.3 Å². The molecule has 1 aromatic heterocycles. The maximum atomic E-state index is 13.6. The van der Waals surface area contributed by atoms with Crippen LogP contribution in [0.5, 0.6) is 0 Å². The summed E-state index contributed by atoms with van der Waals surface area (Å²) in [4.78, 5) is 17.3. The number of aliphatic carboxylic acids is 1. The predicted octanol–water partition coefficient (Wildman–Crippen LogP) is 2.88. The van der Waals surface area contributed by atoms with Crippen molar-refractivity contribution in [3.63, 3.8) is 0 Å². The molecule has 2 aromatic rings. The standard InChI is InChI=1S/C13H13FN2O2S/c14-8-4-3-6-10-11(8)15-13(19-10)16-7-2-1-5-9(16)12(17)18/h3-4,6,9H,1-2,5,7H2,(H,17,18). The number of hydrogen-bond acceptors (Lipinski definition) is 4. The first-order valence-corrected chi connectivity index (χ1v) is 7.03. The molecule has 1 saturated heterocycles. The molecule has 1 aliphatic rings. The molecule has 2 heterocycles. The van der Waals surface area contributed by atoms with Crippen molar-refractivity contribution in [2.24, 2.45) is 0 Å². The van der Waals surface area contributed by atoms with Crippen molar-refractivity contribution in [2.75, 3.05) is 11.4 Å². The number of carboxylic acids is 1. The summed E-state index contributed by atoms with van der Waals surface area (Å²) in [5.74, 6) is -1.19. The van der Waals surface area contributed by atoms with E-state index in [1.807, 2.05) is 0 Å². The van der Waals surface area contributed by atoms with Crippen LogP contribution in [0.1, 0.15) is 19.3 Å². The second-order valence-corrected chi connectivity index (χ2v) is 5.64. The number of halogens is 1. The average Bonchev–Trinajstić information content (AvgIpc) is 2.84. The summed E-state index contributed by atoms with van der Waals surface area (Å²) in [6, 6.07) is 4.28. The minimum Gasteiger partial charge on any atom is -0.480 e. The second kappa shape index (κ2) is 4.77. The Labute approximate surface area is 113 Å². The van der Waals surface area contributed by atoms with Gasteiger partial charge in [-0.1, -0.05) is 17.4 Å². The van der Waals surface area contributed by atoms with Gasteiger partial charge in [-0.2, -0.15) is 0 Å². The number of benzene rings is 1. The fourth-order valence-electron chi connectivity index (χ4n) is 2.44. The smallest absolute Gasteiger partial charge is 0.326 e. The predicted molar refractivity (Wildman–Crippen MR) is 72.2 cm³/mol. The van der Waals surface area contributed by atoms with Gasteiger partial charge in [-0.15, -0.1) is 0 Å². The van der Waals surface area contributed by atoms with Gasteiger partial charge in [0.05, 0.1) is 4.70 Å². The highest BCUT2D eigenvalue weighted by molar-refractivity contribution is 7.22. The molecular weight excluding hydrogens is 267 g/mol. The molecule has 1 fully saturated rings. The zero-order valence-electron chi connectivity index (χ0n) is 10.2. The van der Waals surface area contributed by atoms with Crippen LogP contribution in [0.4, 0.5) is 9.52 Å². The molecule has 1 aromatic carbocycles. The summed E-state index contributed by atoms with van der Waals surface area (Å²) in [5, 5.41) is 9.86. The van der Waals surface area contributed by atoms with Crippen molar-refractivity contribution in [3.8, 4) is 0 Å². The van der Waals surface area contributed by atoms with E-state index in [0.29, 0.717) is 23.6 Å². The first kappa shape index (κ1) is 12.3. The first-order valence-electron chi connectivity index (χ1n) is 6.21. The molecule has 0 saturated carbocycles. The first-order chi connectivity index (χ1) is 9.16. The van der Waals surface area contributed by atoms with Gasteiger partial charge in [0.2, 0.25) is 0 Å². The Morgan fingerprint density at radius 1 is 1.47 bits per heavy atom. The molecule has 0 aliphatic carbocycles. The van der Waals surface area contributed by atoms with Gasteiger partial charge in [0.15, 0.2) is 5.13 Å². The maximum Gasteiger partial charge on any atom is 0.326 e. The van der Waals surface area contributed by atoms with Crippen molar-refractivity contribution in [1.82, 2.24) is 4.98 Å². The minimum absolute atomic E-state index is 0.331. The lowest BCUT2D eigenvalue weighted by atomic mass is 10.0. The Kier molecular flexibility index (Phi) is 3.10. The molecule has 4 nitrogen and oxygen atoms in total. The third-order valence-electron chi connectivity index (χ3n) is 3.39. The summed E-state index contributed by atoms with van der Waals surface area (Å²) in [5.41, 5.74) is 0.331. The Morgan fingerprint density at radius 3 is 3.05 bits per heavy atom. The van der Waals surface area contributed by atoms with Gasteiger partial charge in [0.1, 0.15) is 17.4 Å². The van der Waals surface area contributed by atoms with Gasteiger partial charge in [-0.05, 0) is 31.4 Å². The number of piperidine rings is 1. The lowest BCUT2D eigenvalue weighted by Gasteiger charge is -2.32. The van der Waals surface area contributed by atoms with E-state index in [1.54, 1.807) is 17.0 Å². The number of fused-ring (bicyclic) bond motifs is 1. The fraction of sp³-hybridized carbons (Fsp3) is 0.385. The van der Waals surface area contributed by atoms with Crippen molar-refractivity contribution in [2.45, 2.75) is 25.3 Å². The van der Waals surface area contributed by atoms with E-state index in [4.69, 9.17) is 0 Å². The van der Waals surface area contributed by atoms with Crippen LogP contribution in [0.15, 0.2) is 18.2 Å². The third kappa shape index (κ3) is 2.16. The molecule has 0 amide bonds. The zero-order valence-corrected chi connectivity index (χ0v) is 11.0. The lowest BCUT2D eigenvalue weighted by molar-refractivity contribution is -0.139. The van der Waals surface area contributed by atoms with E-state index in [9.17, 15) is 14.3 Å². The molecule has 100 valence electrons. The molecule has 0 bridgehead atoms. The van der Waals surface area contributed by atoms with Crippen molar-refractivity contribution in [1.29, 1.82) is 0 Å². The number of para-hydroxylation sites is 1. The number of aromatic nitrogens is 1. The summed E-state index contributed by atoms with van der Waals surface area (Å²) < 4.78 is 14.4. The highest BCUT2D eigenvalue weighted by atomic mass is 32.1. The second-order valence-electron chi connectivity index (χ2n) is 4.63. The average molecular weight is 280 g/mol. The van der Waals surface area contributed by atoms with E-state index in [2.05, 4.69) is 4.98 Å². The van der Waals surface area contributed by atoms with Crippen LogP contribution in [0, 0.1) is 5.82 Å². The Morgan fingerprint density at radius 2 is 2.32 bits per heavy atom. The normalized spacial score (nSPS) is 19.8. The maximum absolute atomic E-state index is 13.6. The van der Waals surface area contributed by atoms with Crippen LogP contribution >= 0.6 is 11.3 Å². The Bertz CT molecular complexity index is 628. The molecule has 3 rings (SSSR count). The van der Waals surface area contributed by atoms with Crippen LogP contribution in [0.25, 0.3) is 10.2 Å². The van der Waals surface area contributed by atoms with Crippen LogP contribution < -0.4 is 4.90 Å². The molecule has 1 atom stereocenters. The monoisotopic (exact) mass is 280 g/mol. The largest absolute Gasteiger partial charge is 0.480 e. The van der Waals surface area contributed by atoms with E-state index in [1.165, 1.54) is 17.4 Å². The van der Waals surface area contributed by atoms with Gasteiger partial charge in [0, 0.05) is 6.54 Å². The minimum atomic E-state index is -0.834. The number of rotatable bonds is 2. The molecule has 1 aliphatic heterocycles. The van der Waals surface area contributed by atoms with Crippen LogP contribution in [0.3, 0.4) is 0 Å². The molecule has 6 heteroatoms. The number of nitrogens with zero attached hydrogens (tertiary/aromatic N) is 2. The SMILES string of the molecule is O=C(O)C1CCCCN1c1nc2c(F)cccc2s1. The van der Waals surface area contributed by atoms with E-state index < -0.39 is 12.0 Å². The highest BCUT2D eigenvalue weighted by Crippen LogP contribution is 2.33. The molecule has 0 radical (unpaired) electrons. The van der Waals surface area contributed by atoms with Crippen molar-refractivity contribution in [3.05, 3.63) is 24.0 Å². The molecule has 1 unspecified atom stereocenters. The van der Waals surface area contributed by atoms with Crippen LogP contribution in [-0.2, 0) is 4.79 Å². The fourth-order valence-corrected chi connectivity index (χ4v) is 3.50. The summed E-state index contributed by atoms with van der Waals surface area (Å²) in [6.45, 7) is 0.665. The third-order valence-corrected chi connectivity index (χ3v) is 4.45. The molecule has 0 spiro atoms. The van der Waals surface area contributed by atoms with Gasteiger partial charge in [0.25, 0.3) is 0 Å². The van der Waals surface area contributed by atoms with Gasteiger partial charge < -0.3 is 10.0 Å². The number of carboxylic acid groups (broad SMARTS) is 1. The highest BCUT2D eigenvalue weighted by Gasteiger charge is 2.30. The summed E-state index contributed by atoms with van der Waals surface area (Å²) in [6.07, 6.45) is 2.47. The Hall–Kier alpha value is -1.69. The van der Waals surface area contributed by atoms with E-state index in [-0.39, 0.29) is 5.82 Å². The number of thiazole rings is 1. The van der Waals surface area contributed by atoms with Crippen LogP contribution in [-0.4, -0.2) is 28.6 Å². The quantitative estimate of drug-likeness (QED) is 0.919. The molecular formula is C13H13FN2O2S. The Balaban J connectivity index is 2.02. The number of hydrogen-bond donors (Lipinski definition) is 1. The summed E-state index contributed by atoms with van der Waals surface area (Å²) in [7, 11) is 0. The number of anilines is 1. The molecule has 19 heavy (non-hydrogen) atoms. The summed E-state index contributed by atoms with van der Waals surface area (Å²) >= 11 is 1.35. The van der Waals surface area contributed by atoms with E-state index in [0.717, 1.165) is 17.5 Å².